The lowest BCUT2D eigenvalue weighted by molar-refractivity contribution is -0.135. The summed E-state index contributed by atoms with van der Waals surface area (Å²) in [7, 11) is 0. The van der Waals surface area contributed by atoms with Crippen LogP contribution >= 0.6 is 0 Å². The van der Waals surface area contributed by atoms with Gasteiger partial charge in [-0.2, -0.15) is 5.10 Å². The van der Waals surface area contributed by atoms with Gasteiger partial charge in [0, 0.05) is 0 Å². The van der Waals surface area contributed by atoms with Gasteiger partial charge < -0.3 is 15.9 Å². The number of fused-ring (bicyclic) bond motifs is 1. The van der Waals surface area contributed by atoms with Crippen molar-refractivity contribution in [1.82, 2.24) is 9.78 Å². The maximum Gasteiger partial charge on any atom is 0.253 e. The van der Waals surface area contributed by atoms with Crippen LogP contribution in [0.15, 0.2) is 60.3 Å². The molecule has 2 fully saturated rings. The Morgan fingerprint density at radius 2 is 2.00 bits per heavy atom. The summed E-state index contributed by atoms with van der Waals surface area (Å²) >= 11 is 0. The molecule has 3 aliphatic rings. The lowest BCUT2D eigenvalue weighted by Crippen LogP contribution is -2.38. The van der Waals surface area contributed by atoms with E-state index in [1.807, 2.05) is 10.9 Å². The number of carbonyl (C=O) groups is 1. The summed E-state index contributed by atoms with van der Waals surface area (Å²) in [6.45, 7) is 1.07. The van der Waals surface area contributed by atoms with Crippen molar-refractivity contribution < 1.29 is 19.4 Å². The van der Waals surface area contributed by atoms with Crippen LogP contribution in [0.1, 0.15) is 48.6 Å². The Kier molecular flexibility index (Phi) is 5.41. The molecule has 3 aliphatic carbocycles. The van der Waals surface area contributed by atoms with E-state index in [0.717, 1.165) is 18.0 Å². The SMILES string of the molecule is CC(O)(C(N)=O)c1ccccc1CO.Fc1ccc(-n2ncc3c2C=C2CCC4CC24C3)cc1. The van der Waals surface area contributed by atoms with Gasteiger partial charge in [-0.15, -0.1) is 0 Å². The number of allylic oxidation sites excluding steroid dienone is 1. The van der Waals surface area contributed by atoms with Gasteiger partial charge in [0.05, 0.1) is 24.2 Å². The van der Waals surface area contributed by atoms with Crippen molar-refractivity contribution in [3.63, 3.8) is 0 Å². The first-order valence-electron chi connectivity index (χ1n) is 11.5. The Hall–Kier alpha value is -3.29. The predicted octanol–water partition coefficient (Wildman–Crippen LogP) is 3.62. The summed E-state index contributed by atoms with van der Waals surface area (Å²) < 4.78 is 15.0. The Balaban J connectivity index is 0.000000153. The van der Waals surface area contributed by atoms with Crippen molar-refractivity contribution >= 4 is 12.0 Å². The topological polar surface area (TPSA) is 101 Å². The second kappa shape index (κ2) is 8.18. The molecule has 0 radical (unpaired) electrons. The maximum absolute atomic E-state index is 13.1. The van der Waals surface area contributed by atoms with Gasteiger partial charge in [0.1, 0.15) is 5.82 Å². The fourth-order valence-corrected chi connectivity index (χ4v) is 5.52. The molecule has 6 rings (SSSR count). The number of hydrogen-bond acceptors (Lipinski definition) is 4. The highest BCUT2D eigenvalue weighted by Gasteiger charge is 2.60. The number of aromatic nitrogens is 2. The van der Waals surface area contributed by atoms with Crippen LogP contribution in [-0.4, -0.2) is 25.9 Å². The van der Waals surface area contributed by atoms with Gasteiger partial charge in [0.15, 0.2) is 5.60 Å². The van der Waals surface area contributed by atoms with E-state index in [0.29, 0.717) is 16.5 Å². The summed E-state index contributed by atoms with van der Waals surface area (Å²) in [5, 5.41) is 23.3. The standard InChI is InChI=1S/C17H15FN2.C10H13NO3/c18-14-3-5-15(6-4-14)20-16-7-12-1-2-13-9-17(12,13)8-11(16)10-19-20;1-10(14,9(11)13)8-5-3-2-4-7(8)6-12/h3-7,10,13H,1-2,8-9H2;2-5,12,14H,6H2,1H3,(H2,11,13). The van der Waals surface area contributed by atoms with Crippen LogP contribution in [0.5, 0.6) is 0 Å². The summed E-state index contributed by atoms with van der Waals surface area (Å²) in [5.41, 5.74) is 9.77. The lowest BCUT2D eigenvalue weighted by atomic mass is 9.84. The third-order valence-corrected chi connectivity index (χ3v) is 7.60. The number of hydrogen-bond donors (Lipinski definition) is 3. The number of nitrogens with zero attached hydrogens (tertiary/aromatic N) is 2. The van der Waals surface area contributed by atoms with E-state index < -0.39 is 11.5 Å². The number of halogens is 1. The zero-order valence-corrected chi connectivity index (χ0v) is 19.0. The van der Waals surface area contributed by atoms with E-state index in [9.17, 15) is 14.3 Å². The number of rotatable bonds is 4. The van der Waals surface area contributed by atoms with Crippen LogP contribution in [0, 0.1) is 17.2 Å². The molecule has 1 spiro atoms. The Morgan fingerprint density at radius 3 is 2.68 bits per heavy atom. The number of aliphatic hydroxyl groups is 2. The highest BCUT2D eigenvalue weighted by Crippen LogP contribution is 2.69. The van der Waals surface area contributed by atoms with Gasteiger partial charge in [-0.1, -0.05) is 29.8 Å². The van der Waals surface area contributed by atoms with Crippen molar-refractivity contribution in [3.8, 4) is 5.69 Å². The molecular weight excluding hydrogens is 433 g/mol. The molecule has 1 aromatic heterocycles. The molecule has 3 unspecified atom stereocenters. The molecule has 1 amide bonds. The molecule has 0 aliphatic heterocycles. The van der Waals surface area contributed by atoms with Crippen LogP contribution in [0.4, 0.5) is 4.39 Å². The second-order valence-electron chi connectivity index (χ2n) is 9.64. The lowest BCUT2D eigenvalue weighted by Gasteiger charge is -2.22. The Labute approximate surface area is 197 Å². The van der Waals surface area contributed by atoms with Crippen LogP contribution in [0.2, 0.25) is 0 Å². The Morgan fingerprint density at radius 1 is 1.26 bits per heavy atom. The van der Waals surface area contributed by atoms with Gasteiger partial charge in [-0.3, -0.25) is 4.79 Å². The molecule has 0 saturated heterocycles. The fraction of sp³-hybridized carbons (Fsp3) is 0.333. The minimum Gasteiger partial charge on any atom is -0.392 e. The number of benzene rings is 2. The highest BCUT2D eigenvalue weighted by molar-refractivity contribution is 5.84. The first-order valence-corrected chi connectivity index (χ1v) is 11.5. The van der Waals surface area contributed by atoms with Crippen molar-refractivity contribution in [1.29, 1.82) is 0 Å². The molecule has 3 aromatic rings. The van der Waals surface area contributed by atoms with Crippen molar-refractivity contribution in [2.45, 2.75) is 44.8 Å². The van der Waals surface area contributed by atoms with Crippen molar-refractivity contribution in [2.75, 3.05) is 0 Å². The molecule has 3 atom stereocenters. The monoisotopic (exact) mass is 461 g/mol. The third kappa shape index (κ3) is 3.65. The zero-order chi connectivity index (χ0) is 24.1. The normalized spacial score (nSPS) is 23.4. The van der Waals surface area contributed by atoms with Crippen LogP contribution in [0.3, 0.4) is 0 Å². The van der Waals surface area contributed by atoms with E-state index in [1.54, 1.807) is 42.0 Å². The van der Waals surface area contributed by atoms with E-state index in [-0.39, 0.29) is 12.4 Å². The van der Waals surface area contributed by atoms with Crippen LogP contribution in [0.25, 0.3) is 11.8 Å². The highest BCUT2D eigenvalue weighted by atomic mass is 19.1. The molecule has 2 saturated carbocycles. The molecule has 1 heterocycles. The summed E-state index contributed by atoms with van der Waals surface area (Å²) in [5.74, 6) is -0.113. The van der Waals surface area contributed by atoms with Crippen LogP contribution < -0.4 is 5.73 Å². The molecular formula is C27H28FN3O3. The third-order valence-electron chi connectivity index (χ3n) is 7.60. The molecule has 4 N–H and O–H groups in total. The first-order chi connectivity index (χ1) is 16.3. The average Bonchev–Trinajstić information content (AvgIpc) is 3.18. The van der Waals surface area contributed by atoms with Crippen LogP contribution in [-0.2, 0) is 23.4 Å². The van der Waals surface area contributed by atoms with E-state index in [2.05, 4.69) is 11.2 Å². The Bertz CT molecular complexity index is 1280. The van der Waals surface area contributed by atoms with Gasteiger partial charge in [0.2, 0.25) is 0 Å². The fourth-order valence-electron chi connectivity index (χ4n) is 5.52. The maximum atomic E-state index is 13.1. The molecule has 176 valence electrons. The second-order valence-corrected chi connectivity index (χ2v) is 9.64. The van der Waals surface area contributed by atoms with E-state index >= 15 is 0 Å². The van der Waals surface area contributed by atoms with E-state index in [4.69, 9.17) is 10.8 Å². The zero-order valence-electron chi connectivity index (χ0n) is 19.0. The smallest absolute Gasteiger partial charge is 0.253 e. The van der Waals surface area contributed by atoms with Gasteiger partial charge in [-0.25, -0.2) is 9.07 Å². The number of carbonyl (C=O) groups excluding carboxylic acids is 1. The number of primary amides is 1. The summed E-state index contributed by atoms with van der Waals surface area (Å²) in [6.07, 6.45) is 9.48. The predicted molar refractivity (Wildman–Crippen MR) is 126 cm³/mol. The summed E-state index contributed by atoms with van der Waals surface area (Å²) in [6, 6.07) is 13.2. The summed E-state index contributed by atoms with van der Waals surface area (Å²) in [4.78, 5) is 11.0. The molecule has 0 bridgehead atoms. The molecule has 6 nitrogen and oxygen atoms in total. The largest absolute Gasteiger partial charge is 0.392 e. The first kappa shape index (κ1) is 22.5. The number of nitrogens with two attached hydrogens (primary N) is 1. The van der Waals surface area contributed by atoms with Gasteiger partial charge in [0.25, 0.3) is 5.91 Å². The quantitative estimate of drug-likeness (QED) is 0.552. The molecule has 7 heteroatoms. The van der Waals surface area contributed by atoms with E-state index in [1.165, 1.54) is 49.6 Å². The average molecular weight is 462 g/mol. The molecule has 2 aromatic carbocycles. The number of amides is 1. The minimum atomic E-state index is -1.74. The van der Waals surface area contributed by atoms with Crippen molar-refractivity contribution in [2.24, 2.45) is 17.1 Å². The minimum absolute atomic E-state index is 0.205. The van der Waals surface area contributed by atoms with Crippen molar-refractivity contribution in [3.05, 3.63) is 88.5 Å². The van der Waals surface area contributed by atoms with Gasteiger partial charge in [-0.05, 0) is 91.0 Å². The molecule has 34 heavy (non-hydrogen) atoms. The number of aliphatic hydroxyl groups excluding tert-OH is 1. The van der Waals surface area contributed by atoms with Gasteiger partial charge >= 0.3 is 0 Å².